The van der Waals surface area contributed by atoms with Crippen LogP contribution in [0.1, 0.15) is 63.9 Å². The standard InChI is InChI=1S/C22H25ClN2O2/c1-14-8-10-18(15(2)12-14)21(26)25-17-9-11-20(23)19(13-17)22(27)24-16-6-4-3-5-7-16/h8-13,16H,3-7H2,1-2H3,(H,24,27)(H,25,26). The van der Waals surface area contributed by atoms with Crippen LogP contribution in [0.4, 0.5) is 5.69 Å². The molecule has 0 aliphatic heterocycles. The number of anilines is 1. The number of benzene rings is 2. The van der Waals surface area contributed by atoms with Gasteiger partial charge >= 0.3 is 0 Å². The van der Waals surface area contributed by atoms with Gasteiger partial charge < -0.3 is 10.6 Å². The molecule has 2 N–H and O–H groups in total. The summed E-state index contributed by atoms with van der Waals surface area (Å²) in [6.07, 6.45) is 5.53. The third kappa shape index (κ3) is 4.89. The van der Waals surface area contributed by atoms with Crippen LogP contribution in [0.3, 0.4) is 0 Å². The molecule has 2 amide bonds. The highest BCUT2D eigenvalue weighted by Gasteiger charge is 2.19. The van der Waals surface area contributed by atoms with Crippen molar-refractivity contribution < 1.29 is 9.59 Å². The normalized spacial score (nSPS) is 14.6. The zero-order chi connectivity index (χ0) is 19.4. The lowest BCUT2D eigenvalue weighted by Gasteiger charge is -2.23. The number of hydrogen-bond acceptors (Lipinski definition) is 2. The lowest BCUT2D eigenvalue weighted by atomic mass is 9.95. The molecule has 2 aromatic carbocycles. The number of nitrogens with one attached hydrogen (secondary N) is 2. The number of carbonyl (C=O) groups excluding carboxylic acids is 2. The van der Waals surface area contributed by atoms with Gasteiger partial charge in [0.05, 0.1) is 10.6 Å². The second-order valence-electron chi connectivity index (χ2n) is 7.28. The molecule has 27 heavy (non-hydrogen) atoms. The predicted molar refractivity (Wildman–Crippen MR) is 110 cm³/mol. The van der Waals surface area contributed by atoms with Crippen LogP contribution in [0.5, 0.6) is 0 Å². The molecular weight excluding hydrogens is 360 g/mol. The van der Waals surface area contributed by atoms with Crippen molar-refractivity contribution in [1.82, 2.24) is 5.32 Å². The van der Waals surface area contributed by atoms with E-state index in [9.17, 15) is 9.59 Å². The third-order valence-corrected chi connectivity index (χ3v) is 5.37. The van der Waals surface area contributed by atoms with Crippen LogP contribution in [0, 0.1) is 13.8 Å². The Balaban J connectivity index is 1.74. The second kappa shape index (κ2) is 8.57. The molecule has 0 saturated heterocycles. The fourth-order valence-corrected chi connectivity index (χ4v) is 3.76. The van der Waals surface area contributed by atoms with Crippen LogP contribution < -0.4 is 10.6 Å². The van der Waals surface area contributed by atoms with Crippen LogP contribution in [0.2, 0.25) is 5.02 Å². The van der Waals surface area contributed by atoms with Crippen molar-refractivity contribution in [2.75, 3.05) is 5.32 Å². The predicted octanol–water partition coefficient (Wildman–Crippen LogP) is 5.27. The molecule has 0 aromatic heterocycles. The molecule has 5 heteroatoms. The van der Waals surface area contributed by atoms with Gasteiger partial charge in [0, 0.05) is 17.3 Å². The second-order valence-corrected chi connectivity index (χ2v) is 7.68. The zero-order valence-corrected chi connectivity index (χ0v) is 16.5. The van der Waals surface area contributed by atoms with Crippen LogP contribution in [0.25, 0.3) is 0 Å². The lowest BCUT2D eigenvalue weighted by Crippen LogP contribution is -2.36. The first-order valence-corrected chi connectivity index (χ1v) is 9.81. The van der Waals surface area contributed by atoms with E-state index in [0.717, 1.165) is 36.8 Å². The van der Waals surface area contributed by atoms with E-state index in [-0.39, 0.29) is 17.9 Å². The number of amides is 2. The largest absolute Gasteiger partial charge is 0.349 e. The van der Waals surface area contributed by atoms with Crippen molar-refractivity contribution in [2.24, 2.45) is 0 Å². The highest BCUT2D eigenvalue weighted by Crippen LogP contribution is 2.23. The summed E-state index contributed by atoms with van der Waals surface area (Å²) in [7, 11) is 0. The van der Waals surface area contributed by atoms with Crippen LogP contribution in [0.15, 0.2) is 36.4 Å². The minimum absolute atomic E-state index is 0.186. The molecule has 0 bridgehead atoms. The zero-order valence-electron chi connectivity index (χ0n) is 15.8. The lowest BCUT2D eigenvalue weighted by molar-refractivity contribution is 0.0926. The molecule has 2 aromatic rings. The van der Waals surface area contributed by atoms with Gasteiger partial charge in [0.1, 0.15) is 0 Å². The van der Waals surface area contributed by atoms with Gasteiger partial charge in [-0.3, -0.25) is 9.59 Å². The van der Waals surface area contributed by atoms with E-state index in [4.69, 9.17) is 11.6 Å². The van der Waals surface area contributed by atoms with Crippen LogP contribution >= 0.6 is 11.6 Å². The van der Waals surface area contributed by atoms with Crippen LogP contribution in [-0.4, -0.2) is 17.9 Å². The molecule has 1 aliphatic rings. The van der Waals surface area contributed by atoms with Gasteiger partial charge in [-0.05, 0) is 56.5 Å². The number of halogens is 1. The molecule has 4 nitrogen and oxygen atoms in total. The topological polar surface area (TPSA) is 58.2 Å². The maximum Gasteiger partial charge on any atom is 0.255 e. The molecule has 0 unspecified atom stereocenters. The maximum atomic E-state index is 12.6. The Bertz CT molecular complexity index is 857. The minimum Gasteiger partial charge on any atom is -0.349 e. The van der Waals surface area contributed by atoms with Gasteiger partial charge in [0.15, 0.2) is 0 Å². The Morgan fingerprint density at radius 1 is 0.926 bits per heavy atom. The summed E-state index contributed by atoms with van der Waals surface area (Å²) in [4.78, 5) is 25.2. The monoisotopic (exact) mass is 384 g/mol. The summed E-state index contributed by atoms with van der Waals surface area (Å²) in [5, 5.41) is 6.32. The summed E-state index contributed by atoms with van der Waals surface area (Å²) < 4.78 is 0. The first-order chi connectivity index (χ1) is 12.9. The number of hydrogen-bond donors (Lipinski definition) is 2. The Kier molecular flexibility index (Phi) is 6.17. The van der Waals surface area contributed by atoms with Gasteiger partial charge in [-0.2, -0.15) is 0 Å². The summed E-state index contributed by atoms with van der Waals surface area (Å²) in [5.41, 5.74) is 3.58. The van der Waals surface area contributed by atoms with E-state index in [2.05, 4.69) is 10.6 Å². The molecular formula is C22H25ClN2O2. The smallest absolute Gasteiger partial charge is 0.255 e. The van der Waals surface area contributed by atoms with Gasteiger partial charge in [-0.25, -0.2) is 0 Å². The van der Waals surface area contributed by atoms with Crippen molar-refractivity contribution in [3.05, 3.63) is 63.7 Å². The molecule has 1 saturated carbocycles. The Labute approximate surface area is 165 Å². The Morgan fingerprint density at radius 2 is 1.67 bits per heavy atom. The average Bonchev–Trinajstić information content (AvgIpc) is 2.64. The number of carbonyl (C=O) groups is 2. The van der Waals surface area contributed by atoms with E-state index in [1.807, 2.05) is 32.0 Å². The SMILES string of the molecule is Cc1ccc(C(=O)Nc2ccc(Cl)c(C(=O)NC3CCCCC3)c2)c(C)c1. The van der Waals surface area contributed by atoms with Crippen LogP contribution in [-0.2, 0) is 0 Å². The number of rotatable bonds is 4. The summed E-state index contributed by atoms with van der Waals surface area (Å²) >= 11 is 6.23. The Morgan fingerprint density at radius 3 is 2.37 bits per heavy atom. The highest BCUT2D eigenvalue weighted by molar-refractivity contribution is 6.34. The van der Waals surface area contributed by atoms with Crippen molar-refractivity contribution >= 4 is 29.1 Å². The van der Waals surface area contributed by atoms with Gasteiger partial charge in [0.25, 0.3) is 11.8 Å². The van der Waals surface area contributed by atoms with Crippen molar-refractivity contribution in [2.45, 2.75) is 52.0 Å². The van der Waals surface area contributed by atoms with E-state index < -0.39 is 0 Å². The van der Waals surface area contributed by atoms with E-state index >= 15 is 0 Å². The third-order valence-electron chi connectivity index (χ3n) is 5.04. The quantitative estimate of drug-likeness (QED) is 0.754. The Hall–Kier alpha value is -2.33. The summed E-state index contributed by atoms with van der Waals surface area (Å²) in [5.74, 6) is -0.386. The minimum atomic E-state index is -0.200. The van der Waals surface area contributed by atoms with E-state index in [1.54, 1.807) is 18.2 Å². The maximum absolute atomic E-state index is 12.6. The van der Waals surface area contributed by atoms with Crippen molar-refractivity contribution in [1.29, 1.82) is 0 Å². The van der Waals surface area contributed by atoms with E-state index in [0.29, 0.717) is 21.8 Å². The van der Waals surface area contributed by atoms with Crippen molar-refractivity contribution in [3.63, 3.8) is 0 Å². The first kappa shape index (κ1) is 19.4. The molecule has 3 rings (SSSR count). The van der Waals surface area contributed by atoms with Crippen molar-refractivity contribution in [3.8, 4) is 0 Å². The molecule has 142 valence electrons. The van der Waals surface area contributed by atoms with E-state index in [1.165, 1.54) is 6.42 Å². The fraction of sp³-hybridized carbons (Fsp3) is 0.364. The summed E-state index contributed by atoms with van der Waals surface area (Å²) in [6.45, 7) is 3.90. The molecule has 1 fully saturated rings. The molecule has 0 heterocycles. The summed E-state index contributed by atoms with van der Waals surface area (Å²) in [6, 6.07) is 10.9. The number of aryl methyl sites for hydroxylation is 2. The van der Waals surface area contributed by atoms with Gasteiger partial charge in [-0.15, -0.1) is 0 Å². The molecule has 0 spiro atoms. The highest BCUT2D eigenvalue weighted by atomic mass is 35.5. The molecule has 0 radical (unpaired) electrons. The van der Waals surface area contributed by atoms with Gasteiger partial charge in [-0.1, -0.05) is 48.6 Å². The molecule has 1 aliphatic carbocycles. The average molecular weight is 385 g/mol. The molecule has 0 atom stereocenters. The first-order valence-electron chi connectivity index (χ1n) is 9.43. The fourth-order valence-electron chi connectivity index (χ4n) is 3.55. The van der Waals surface area contributed by atoms with Gasteiger partial charge in [0.2, 0.25) is 0 Å².